The highest BCUT2D eigenvalue weighted by atomic mass is 79.9. The molecular weight excluding hydrogens is 305 g/mol. The minimum atomic E-state index is -0.218. The minimum Gasteiger partial charge on any atom is -0.469 e. The van der Waals surface area contributed by atoms with E-state index in [-0.39, 0.29) is 5.91 Å². The number of rotatable bonds is 2. The standard InChI is InChI=1S/C12H9BrClNO2/c1-7-4-8(6-17-7)12(16)15-11-3-2-9(14)5-10(11)13/h2-6H,1H3,(H,15,16). The molecule has 1 heterocycles. The maximum atomic E-state index is 11.8. The van der Waals surface area contributed by atoms with E-state index in [1.807, 2.05) is 0 Å². The van der Waals surface area contributed by atoms with Crippen LogP contribution in [0.1, 0.15) is 16.1 Å². The number of carbonyl (C=O) groups excluding carboxylic acids is 1. The van der Waals surface area contributed by atoms with Crippen molar-refractivity contribution in [2.24, 2.45) is 0 Å². The molecule has 0 fully saturated rings. The summed E-state index contributed by atoms with van der Waals surface area (Å²) in [6.45, 7) is 1.79. The Bertz CT molecular complexity index is 565. The molecule has 0 saturated carbocycles. The Labute approximate surface area is 112 Å². The number of furan rings is 1. The third-order valence-corrected chi connectivity index (χ3v) is 3.06. The number of hydrogen-bond acceptors (Lipinski definition) is 2. The maximum Gasteiger partial charge on any atom is 0.258 e. The van der Waals surface area contributed by atoms with Gasteiger partial charge in [-0.25, -0.2) is 0 Å². The van der Waals surface area contributed by atoms with Crippen molar-refractivity contribution < 1.29 is 9.21 Å². The van der Waals surface area contributed by atoms with Gasteiger partial charge < -0.3 is 9.73 Å². The molecule has 1 N–H and O–H groups in total. The number of hydrogen-bond donors (Lipinski definition) is 1. The van der Waals surface area contributed by atoms with Gasteiger partial charge in [-0.1, -0.05) is 11.6 Å². The van der Waals surface area contributed by atoms with Gasteiger partial charge in [-0.3, -0.25) is 4.79 Å². The first kappa shape index (κ1) is 12.2. The molecule has 0 unspecified atom stereocenters. The second kappa shape index (κ2) is 4.94. The SMILES string of the molecule is Cc1cc(C(=O)Nc2ccc(Cl)cc2Br)co1. The second-order valence-electron chi connectivity index (χ2n) is 3.52. The van der Waals surface area contributed by atoms with Crippen molar-refractivity contribution in [2.45, 2.75) is 6.92 Å². The van der Waals surface area contributed by atoms with Gasteiger partial charge in [-0.2, -0.15) is 0 Å². The molecule has 0 atom stereocenters. The van der Waals surface area contributed by atoms with Crippen molar-refractivity contribution in [3.05, 3.63) is 51.3 Å². The average molecular weight is 315 g/mol. The quantitative estimate of drug-likeness (QED) is 0.900. The van der Waals surface area contributed by atoms with Crippen LogP contribution in [0.4, 0.5) is 5.69 Å². The normalized spacial score (nSPS) is 10.3. The monoisotopic (exact) mass is 313 g/mol. The van der Waals surface area contributed by atoms with Crippen LogP contribution in [0.5, 0.6) is 0 Å². The molecule has 88 valence electrons. The largest absolute Gasteiger partial charge is 0.469 e. The van der Waals surface area contributed by atoms with Crippen molar-refractivity contribution in [1.29, 1.82) is 0 Å². The first-order chi connectivity index (χ1) is 8.06. The van der Waals surface area contributed by atoms with E-state index in [4.69, 9.17) is 16.0 Å². The summed E-state index contributed by atoms with van der Waals surface area (Å²) in [7, 11) is 0. The van der Waals surface area contributed by atoms with E-state index in [9.17, 15) is 4.79 Å². The highest BCUT2D eigenvalue weighted by molar-refractivity contribution is 9.10. The van der Waals surface area contributed by atoms with Crippen LogP contribution in [-0.4, -0.2) is 5.91 Å². The molecule has 1 aromatic carbocycles. The van der Waals surface area contributed by atoms with E-state index in [0.717, 1.165) is 4.47 Å². The zero-order valence-corrected chi connectivity index (χ0v) is 11.3. The van der Waals surface area contributed by atoms with Gasteiger partial charge in [-0.05, 0) is 47.1 Å². The van der Waals surface area contributed by atoms with Crippen molar-refractivity contribution in [3.8, 4) is 0 Å². The molecular formula is C12H9BrClNO2. The highest BCUT2D eigenvalue weighted by Gasteiger charge is 2.10. The Kier molecular flexibility index (Phi) is 3.54. The molecule has 2 rings (SSSR count). The third-order valence-electron chi connectivity index (χ3n) is 2.17. The van der Waals surface area contributed by atoms with Crippen LogP contribution in [0.3, 0.4) is 0 Å². The molecule has 0 saturated heterocycles. The fraction of sp³-hybridized carbons (Fsp3) is 0.0833. The Morgan fingerprint density at radius 3 is 2.76 bits per heavy atom. The molecule has 1 aromatic heterocycles. The third kappa shape index (κ3) is 2.90. The molecule has 0 aliphatic rings. The molecule has 1 amide bonds. The van der Waals surface area contributed by atoms with Crippen LogP contribution in [0.15, 0.2) is 39.4 Å². The summed E-state index contributed by atoms with van der Waals surface area (Å²) < 4.78 is 5.81. The molecule has 0 spiro atoms. The summed E-state index contributed by atoms with van der Waals surface area (Å²) in [4.78, 5) is 11.8. The summed E-state index contributed by atoms with van der Waals surface area (Å²) >= 11 is 9.15. The predicted octanol–water partition coefficient (Wildman–Crippen LogP) is 4.26. The minimum absolute atomic E-state index is 0.218. The number of anilines is 1. The van der Waals surface area contributed by atoms with Gasteiger partial charge in [0.05, 0.1) is 11.3 Å². The highest BCUT2D eigenvalue weighted by Crippen LogP contribution is 2.26. The van der Waals surface area contributed by atoms with Gasteiger partial charge >= 0.3 is 0 Å². The van der Waals surface area contributed by atoms with E-state index < -0.39 is 0 Å². The van der Waals surface area contributed by atoms with Gasteiger partial charge in [0.2, 0.25) is 0 Å². The number of amides is 1. The van der Waals surface area contributed by atoms with Gasteiger partial charge in [0.1, 0.15) is 12.0 Å². The second-order valence-corrected chi connectivity index (χ2v) is 4.82. The van der Waals surface area contributed by atoms with Gasteiger partial charge in [0, 0.05) is 9.50 Å². The average Bonchev–Trinajstić information content (AvgIpc) is 2.69. The number of aryl methyl sites for hydroxylation is 1. The zero-order valence-electron chi connectivity index (χ0n) is 8.96. The fourth-order valence-electron chi connectivity index (χ4n) is 1.35. The Morgan fingerprint density at radius 2 is 2.18 bits per heavy atom. The van der Waals surface area contributed by atoms with Crippen LogP contribution in [0.25, 0.3) is 0 Å². The summed E-state index contributed by atoms with van der Waals surface area (Å²) in [6.07, 6.45) is 1.43. The van der Waals surface area contributed by atoms with E-state index in [0.29, 0.717) is 22.0 Å². The molecule has 5 heteroatoms. The summed E-state index contributed by atoms with van der Waals surface area (Å²) in [5, 5.41) is 3.37. The first-order valence-corrected chi connectivity index (χ1v) is 6.05. The number of carbonyl (C=O) groups is 1. The van der Waals surface area contributed by atoms with Crippen molar-refractivity contribution in [1.82, 2.24) is 0 Å². The lowest BCUT2D eigenvalue weighted by atomic mass is 10.2. The molecule has 0 radical (unpaired) electrons. The van der Waals surface area contributed by atoms with Crippen molar-refractivity contribution >= 4 is 39.1 Å². The number of halogens is 2. The molecule has 17 heavy (non-hydrogen) atoms. The van der Waals surface area contributed by atoms with Gasteiger partial charge in [0.15, 0.2) is 0 Å². The van der Waals surface area contributed by atoms with Gasteiger partial charge in [0.25, 0.3) is 5.91 Å². The van der Waals surface area contributed by atoms with Crippen LogP contribution >= 0.6 is 27.5 Å². The van der Waals surface area contributed by atoms with Crippen LogP contribution in [0, 0.1) is 6.92 Å². The lowest BCUT2D eigenvalue weighted by Crippen LogP contribution is -2.11. The van der Waals surface area contributed by atoms with Crippen molar-refractivity contribution in [2.75, 3.05) is 5.32 Å². The summed E-state index contributed by atoms with van der Waals surface area (Å²) in [6, 6.07) is 6.84. The number of benzene rings is 1. The zero-order chi connectivity index (χ0) is 12.4. The molecule has 3 nitrogen and oxygen atoms in total. The van der Waals surface area contributed by atoms with E-state index in [1.54, 1.807) is 31.2 Å². The molecule has 0 aliphatic carbocycles. The van der Waals surface area contributed by atoms with Crippen LogP contribution in [-0.2, 0) is 0 Å². The number of nitrogens with one attached hydrogen (secondary N) is 1. The molecule has 2 aromatic rings. The van der Waals surface area contributed by atoms with Crippen molar-refractivity contribution in [3.63, 3.8) is 0 Å². The summed E-state index contributed by atoms with van der Waals surface area (Å²) in [5.74, 6) is 0.482. The van der Waals surface area contributed by atoms with Gasteiger partial charge in [-0.15, -0.1) is 0 Å². The fourth-order valence-corrected chi connectivity index (χ4v) is 2.13. The van der Waals surface area contributed by atoms with Crippen LogP contribution in [0.2, 0.25) is 5.02 Å². The topological polar surface area (TPSA) is 42.2 Å². The first-order valence-electron chi connectivity index (χ1n) is 4.88. The lowest BCUT2D eigenvalue weighted by molar-refractivity contribution is 0.102. The van der Waals surface area contributed by atoms with E-state index in [2.05, 4.69) is 21.2 Å². The smallest absolute Gasteiger partial charge is 0.258 e. The Morgan fingerprint density at radius 1 is 1.41 bits per heavy atom. The lowest BCUT2D eigenvalue weighted by Gasteiger charge is -2.06. The summed E-state index contributed by atoms with van der Waals surface area (Å²) in [5.41, 5.74) is 1.16. The molecule has 0 aliphatic heterocycles. The molecule has 0 bridgehead atoms. The maximum absolute atomic E-state index is 11.8. The van der Waals surface area contributed by atoms with E-state index in [1.165, 1.54) is 6.26 Å². The predicted molar refractivity (Wildman–Crippen MR) is 70.6 cm³/mol. The van der Waals surface area contributed by atoms with E-state index >= 15 is 0 Å². The Balaban J connectivity index is 2.18. The Hall–Kier alpha value is -1.26. The van der Waals surface area contributed by atoms with Crippen LogP contribution < -0.4 is 5.32 Å².